The van der Waals surface area contributed by atoms with E-state index in [1.807, 2.05) is 0 Å². The second-order valence-electron chi connectivity index (χ2n) is 7.47. The Labute approximate surface area is 192 Å². The van der Waals surface area contributed by atoms with E-state index in [2.05, 4.69) is 5.32 Å². The molecular formula is C23H26N2O7S. The Morgan fingerprint density at radius 1 is 1.06 bits per heavy atom. The quantitative estimate of drug-likeness (QED) is 0.461. The zero-order valence-corrected chi connectivity index (χ0v) is 19.3. The third-order valence-corrected chi connectivity index (χ3v) is 7.08. The molecule has 1 N–H and O–H groups in total. The van der Waals surface area contributed by atoms with Crippen molar-refractivity contribution in [3.63, 3.8) is 0 Å². The number of amides is 1. The number of morpholine rings is 1. The van der Waals surface area contributed by atoms with E-state index >= 15 is 0 Å². The lowest BCUT2D eigenvalue weighted by Gasteiger charge is -2.26. The minimum absolute atomic E-state index is 0.0157. The lowest BCUT2D eigenvalue weighted by molar-refractivity contribution is -0.115. The number of carbonyl (C=O) groups is 3. The third-order valence-electron chi connectivity index (χ3n) is 5.18. The van der Waals surface area contributed by atoms with Crippen molar-refractivity contribution in [3.8, 4) is 0 Å². The van der Waals surface area contributed by atoms with Crippen LogP contribution in [-0.4, -0.2) is 63.3 Å². The monoisotopic (exact) mass is 474 g/mol. The molecule has 1 amide bonds. The van der Waals surface area contributed by atoms with Gasteiger partial charge in [-0.15, -0.1) is 0 Å². The summed E-state index contributed by atoms with van der Waals surface area (Å²) >= 11 is 0. The summed E-state index contributed by atoms with van der Waals surface area (Å²) in [4.78, 5) is 36.4. The highest BCUT2D eigenvalue weighted by molar-refractivity contribution is 7.89. The number of sulfonamides is 1. The van der Waals surface area contributed by atoms with Gasteiger partial charge >= 0.3 is 5.97 Å². The van der Waals surface area contributed by atoms with Crippen LogP contribution in [-0.2, 0) is 24.3 Å². The van der Waals surface area contributed by atoms with Gasteiger partial charge < -0.3 is 14.8 Å². The van der Waals surface area contributed by atoms with Gasteiger partial charge in [0.15, 0.2) is 12.4 Å². The van der Waals surface area contributed by atoms with Crippen LogP contribution in [0.25, 0.3) is 0 Å². The van der Waals surface area contributed by atoms with Crippen LogP contribution in [0.2, 0.25) is 0 Å². The average Bonchev–Trinajstić information content (AvgIpc) is 2.83. The number of hydrogen-bond donors (Lipinski definition) is 1. The molecule has 10 heteroatoms. The highest BCUT2D eigenvalue weighted by Gasteiger charge is 2.27. The molecule has 1 aliphatic heterocycles. The summed E-state index contributed by atoms with van der Waals surface area (Å²) in [6.45, 7) is 4.00. The second kappa shape index (κ2) is 10.7. The van der Waals surface area contributed by atoms with Gasteiger partial charge in [-0.1, -0.05) is 13.0 Å². The van der Waals surface area contributed by atoms with E-state index in [-0.39, 0.29) is 29.5 Å². The summed E-state index contributed by atoms with van der Waals surface area (Å²) in [5.74, 6) is -1.35. The summed E-state index contributed by atoms with van der Waals surface area (Å²) < 4.78 is 37.4. The zero-order chi connectivity index (χ0) is 24.0. The molecule has 0 bridgehead atoms. The molecule has 0 aromatic heterocycles. The summed E-state index contributed by atoms with van der Waals surface area (Å²) in [6, 6.07) is 10.5. The van der Waals surface area contributed by atoms with Crippen molar-refractivity contribution in [1.29, 1.82) is 0 Å². The molecule has 1 fully saturated rings. The fraction of sp³-hybridized carbons (Fsp3) is 0.348. The van der Waals surface area contributed by atoms with Crippen LogP contribution in [0, 0.1) is 6.92 Å². The van der Waals surface area contributed by atoms with Gasteiger partial charge in [-0.3, -0.25) is 9.59 Å². The van der Waals surface area contributed by atoms with Crippen molar-refractivity contribution in [1.82, 2.24) is 4.31 Å². The van der Waals surface area contributed by atoms with E-state index in [1.54, 1.807) is 26.0 Å². The molecule has 33 heavy (non-hydrogen) atoms. The van der Waals surface area contributed by atoms with Gasteiger partial charge in [0.2, 0.25) is 15.9 Å². The standard InChI is InChI=1S/C23H26N2O7S/c1-3-22(27)24-18-7-5-17(6-8-18)21(26)15-32-23(28)20-14-19(9-4-16(20)2)33(29,30)25-10-12-31-13-11-25/h4-9,14H,3,10-13,15H2,1-2H3,(H,24,27). The van der Waals surface area contributed by atoms with Crippen LogP contribution in [0.4, 0.5) is 5.69 Å². The van der Waals surface area contributed by atoms with Gasteiger partial charge in [0.1, 0.15) is 0 Å². The molecule has 2 aromatic rings. The number of esters is 1. The Morgan fingerprint density at radius 3 is 2.36 bits per heavy atom. The number of nitrogens with one attached hydrogen (secondary N) is 1. The van der Waals surface area contributed by atoms with Gasteiger partial charge in [0.05, 0.1) is 23.7 Å². The minimum Gasteiger partial charge on any atom is -0.454 e. The van der Waals surface area contributed by atoms with Crippen molar-refractivity contribution in [2.24, 2.45) is 0 Å². The van der Waals surface area contributed by atoms with Crippen molar-refractivity contribution < 1.29 is 32.3 Å². The minimum atomic E-state index is -3.78. The Hall–Kier alpha value is -3.08. The molecule has 0 saturated carbocycles. The normalized spacial score (nSPS) is 14.5. The first-order valence-electron chi connectivity index (χ1n) is 10.5. The van der Waals surface area contributed by atoms with Crippen LogP contribution >= 0.6 is 0 Å². The molecule has 1 heterocycles. The number of aryl methyl sites for hydroxylation is 1. The molecule has 0 unspecified atom stereocenters. The first-order valence-corrected chi connectivity index (χ1v) is 11.9. The predicted molar refractivity (Wildman–Crippen MR) is 121 cm³/mol. The Kier molecular flexibility index (Phi) is 7.96. The molecule has 1 aliphatic rings. The average molecular weight is 475 g/mol. The van der Waals surface area contributed by atoms with Crippen molar-refractivity contribution in [2.75, 3.05) is 38.2 Å². The van der Waals surface area contributed by atoms with Gasteiger partial charge in [0, 0.05) is 30.8 Å². The largest absolute Gasteiger partial charge is 0.454 e. The maximum absolute atomic E-state index is 12.9. The van der Waals surface area contributed by atoms with Crippen molar-refractivity contribution in [2.45, 2.75) is 25.2 Å². The van der Waals surface area contributed by atoms with E-state index in [1.165, 1.54) is 34.6 Å². The maximum Gasteiger partial charge on any atom is 0.338 e. The van der Waals surface area contributed by atoms with E-state index < -0.39 is 28.4 Å². The highest BCUT2D eigenvalue weighted by atomic mass is 32.2. The molecule has 0 aliphatic carbocycles. The Bertz CT molecular complexity index is 1140. The maximum atomic E-state index is 12.9. The smallest absolute Gasteiger partial charge is 0.338 e. The lowest BCUT2D eigenvalue weighted by atomic mass is 10.1. The van der Waals surface area contributed by atoms with Crippen molar-refractivity contribution in [3.05, 3.63) is 59.2 Å². The number of Topliss-reactive ketones (excluding diaryl/α,β-unsaturated/α-hetero) is 1. The number of hydrogen-bond acceptors (Lipinski definition) is 7. The molecule has 0 spiro atoms. The van der Waals surface area contributed by atoms with Crippen molar-refractivity contribution >= 4 is 33.4 Å². The number of benzene rings is 2. The number of rotatable bonds is 8. The topological polar surface area (TPSA) is 119 Å². The molecule has 9 nitrogen and oxygen atoms in total. The molecule has 2 aromatic carbocycles. The first kappa shape index (κ1) is 24.6. The zero-order valence-electron chi connectivity index (χ0n) is 18.5. The van der Waals surface area contributed by atoms with E-state index in [0.717, 1.165) is 0 Å². The third kappa shape index (κ3) is 6.04. The molecule has 0 radical (unpaired) electrons. The number of nitrogens with zero attached hydrogens (tertiary/aromatic N) is 1. The summed E-state index contributed by atoms with van der Waals surface area (Å²) in [7, 11) is -3.78. The van der Waals surface area contributed by atoms with Crippen LogP contribution in [0.5, 0.6) is 0 Å². The Morgan fingerprint density at radius 2 is 1.73 bits per heavy atom. The lowest BCUT2D eigenvalue weighted by Crippen LogP contribution is -2.40. The fourth-order valence-corrected chi connectivity index (χ4v) is 4.63. The number of anilines is 1. The van der Waals surface area contributed by atoms with E-state index in [4.69, 9.17) is 9.47 Å². The molecule has 3 rings (SSSR count). The summed E-state index contributed by atoms with van der Waals surface area (Å²) in [5.41, 5.74) is 1.49. The van der Waals surface area contributed by atoms with Crippen LogP contribution in [0.1, 0.15) is 39.6 Å². The fourth-order valence-electron chi connectivity index (χ4n) is 3.20. The van der Waals surface area contributed by atoms with Crippen LogP contribution < -0.4 is 5.32 Å². The second-order valence-corrected chi connectivity index (χ2v) is 9.41. The number of ketones is 1. The van der Waals surface area contributed by atoms with Gasteiger partial charge in [0.25, 0.3) is 0 Å². The van der Waals surface area contributed by atoms with Gasteiger partial charge in [-0.25, -0.2) is 13.2 Å². The number of ether oxygens (including phenoxy) is 2. The molecule has 0 atom stereocenters. The van der Waals surface area contributed by atoms with E-state index in [9.17, 15) is 22.8 Å². The SMILES string of the molecule is CCC(=O)Nc1ccc(C(=O)COC(=O)c2cc(S(=O)(=O)N3CCOCC3)ccc2C)cc1. The number of carbonyl (C=O) groups excluding carboxylic acids is 3. The summed E-state index contributed by atoms with van der Waals surface area (Å²) in [5, 5.41) is 2.68. The predicted octanol–water partition coefficient (Wildman–Crippen LogP) is 2.40. The first-order chi connectivity index (χ1) is 15.7. The molecule has 1 saturated heterocycles. The molecule has 176 valence electrons. The van der Waals surface area contributed by atoms with Gasteiger partial charge in [-0.2, -0.15) is 4.31 Å². The van der Waals surface area contributed by atoms with E-state index in [0.29, 0.717) is 36.4 Å². The van der Waals surface area contributed by atoms with Crippen LogP contribution in [0.15, 0.2) is 47.4 Å². The van der Waals surface area contributed by atoms with Crippen LogP contribution in [0.3, 0.4) is 0 Å². The highest BCUT2D eigenvalue weighted by Crippen LogP contribution is 2.21. The summed E-state index contributed by atoms with van der Waals surface area (Å²) in [6.07, 6.45) is 0.338. The molecular weight excluding hydrogens is 448 g/mol. The Balaban J connectivity index is 1.67. The van der Waals surface area contributed by atoms with Gasteiger partial charge in [-0.05, 0) is 48.9 Å².